The fourth-order valence-corrected chi connectivity index (χ4v) is 3.77. The topological polar surface area (TPSA) is 108 Å². The van der Waals surface area contributed by atoms with Gasteiger partial charge in [0.1, 0.15) is 23.5 Å². The lowest BCUT2D eigenvalue weighted by Crippen LogP contribution is -2.03. The van der Waals surface area contributed by atoms with Gasteiger partial charge in [-0.1, -0.05) is 23.2 Å². The summed E-state index contributed by atoms with van der Waals surface area (Å²) in [6.07, 6.45) is 1.50. The summed E-state index contributed by atoms with van der Waals surface area (Å²) in [5.74, 6) is -0.0631. The van der Waals surface area contributed by atoms with Crippen molar-refractivity contribution in [2.45, 2.75) is 12.8 Å². The van der Waals surface area contributed by atoms with Crippen molar-refractivity contribution in [2.24, 2.45) is 0 Å². The Hall–Kier alpha value is -3.58. The number of fused-ring (bicyclic) bond motifs is 4. The van der Waals surface area contributed by atoms with Crippen LogP contribution in [0.2, 0.25) is 10.0 Å². The van der Waals surface area contributed by atoms with E-state index in [1.54, 1.807) is 36.4 Å². The van der Waals surface area contributed by atoms with Gasteiger partial charge >= 0.3 is 0 Å². The number of nitrogens with zero attached hydrogens (tertiary/aromatic N) is 4. The number of rotatable bonds is 0. The minimum absolute atomic E-state index is 0.0906. The number of benzene rings is 2. The third-order valence-corrected chi connectivity index (χ3v) is 5.26. The Kier molecular flexibility index (Phi) is 5.05. The van der Waals surface area contributed by atoms with Crippen molar-refractivity contribution < 1.29 is 9.59 Å². The van der Waals surface area contributed by atoms with Crippen molar-refractivity contribution in [3.8, 4) is 23.4 Å². The van der Waals surface area contributed by atoms with Crippen LogP contribution in [0.5, 0.6) is 0 Å². The van der Waals surface area contributed by atoms with E-state index in [2.05, 4.69) is 9.97 Å². The molecule has 144 valence electrons. The van der Waals surface area contributed by atoms with E-state index >= 15 is 0 Å². The Labute approximate surface area is 181 Å². The summed E-state index contributed by atoms with van der Waals surface area (Å²) in [4.78, 5) is 31.2. The summed E-state index contributed by atoms with van der Waals surface area (Å²) in [5.41, 5.74) is 3.08. The molecule has 0 atom stereocenters. The lowest BCUT2D eigenvalue weighted by Gasteiger charge is -2.00. The highest BCUT2D eigenvalue weighted by atomic mass is 35.5. The highest BCUT2D eigenvalue weighted by Gasteiger charge is 2.31. The van der Waals surface area contributed by atoms with Gasteiger partial charge < -0.3 is 0 Å². The van der Waals surface area contributed by atoms with E-state index in [0.717, 1.165) is 22.6 Å². The number of halogens is 2. The van der Waals surface area contributed by atoms with Crippen molar-refractivity contribution in [3.63, 3.8) is 0 Å². The van der Waals surface area contributed by atoms with E-state index in [4.69, 9.17) is 33.7 Å². The maximum Gasteiger partial charge on any atom is 0.214 e. The van der Waals surface area contributed by atoms with Crippen molar-refractivity contribution in [2.75, 3.05) is 0 Å². The highest BCUT2D eigenvalue weighted by Crippen LogP contribution is 2.36. The van der Waals surface area contributed by atoms with Gasteiger partial charge in [-0.15, -0.1) is 0 Å². The zero-order chi connectivity index (χ0) is 21.4. The molecule has 0 fully saturated rings. The summed E-state index contributed by atoms with van der Waals surface area (Å²) in [7, 11) is 0. The molecule has 6 nitrogen and oxygen atoms in total. The molecule has 1 aromatic heterocycles. The van der Waals surface area contributed by atoms with E-state index < -0.39 is 0 Å². The van der Waals surface area contributed by atoms with Crippen LogP contribution in [-0.4, -0.2) is 21.5 Å². The second-order valence-corrected chi connectivity index (χ2v) is 7.46. The summed E-state index contributed by atoms with van der Waals surface area (Å²) < 4.78 is 0. The highest BCUT2D eigenvalue weighted by molar-refractivity contribution is 6.32. The molecule has 5 rings (SSSR count). The number of hydrogen-bond acceptors (Lipinski definition) is 6. The number of carbonyl (C=O) groups excluding carboxylic acids is 2. The zero-order valence-corrected chi connectivity index (χ0v) is 16.8. The van der Waals surface area contributed by atoms with Crippen LogP contribution in [0.3, 0.4) is 0 Å². The quantitative estimate of drug-likeness (QED) is 0.403. The molecule has 2 aromatic carbocycles. The SMILES string of the molecule is N#Cc1nc2c(nc1C#N)-c1cc(Cl)ccc1C2=O.O=C1CCc2cc(Cl)ccc21. The number of carbonyl (C=O) groups is 2. The molecular weight excluding hydrogens is 423 g/mol. The fourth-order valence-electron chi connectivity index (χ4n) is 3.40. The number of nitriles is 2. The average Bonchev–Trinajstić information content (AvgIpc) is 3.24. The monoisotopic (exact) mass is 432 g/mol. The molecule has 0 amide bonds. The molecule has 0 bridgehead atoms. The Morgan fingerprint density at radius 3 is 2.03 bits per heavy atom. The van der Waals surface area contributed by atoms with Crippen molar-refractivity contribution in [3.05, 3.63) is 80.2 Å². The molecule has 2 aliphatic rings. The van der Waals surface area contributed by atoms with Gasteiger partial charge in [0.05, 0.1) is 0 Å². The van der Waals surface area contributed by atoms with Gasteiger partial charge in [-0.3, -0.25) is 9.59 Å². The van der Waals surface area contributed by atoms with E-state index in [-0.39, 0.29) is 28.6 Å². The maximum atomic E-state index is 12.1. The minimum Gasteiger partial charge on any atom is -0.294 e. The van der Waals surface area contributed by atoms with Gasteiger partial charge in [0, 0.05) is 33.2 Å². The molecule has 3 aromatic rings. The van der Waals surface area contributed by atoms with Crippen LogP contribution < -0.4 is 0 Å². The average molecular weight is 433 g/mol. The van der Waals surface area contributed by atoms with E-state index in [1.807, 2.05) is 12.1 Å². The molecule has 0 N–H and O–H groups in total. The van der Waals surface area contributed by atoms with E-state index in [0.29, 0.717) is 28.3 Å². The normalized spacial score (nSPS) is 12.8. The smallest absolute Gasteiger partial charge is 0.214 e. The number of Topliss-reactive ketones (excluding diaryl/α,β-unsaturated/α-hetero) is 1. The van der Waals surface area contributed by atoms with Crippen LogP contribution >= 0.6 is 23.2 Å². The Balaban J connectivity index is 0.000000168. The molecule has 30 heavy (non-hydrogen) atoms. The van der Waals surface area contributed by atoms with Gasteiger partial charge in [0.2, 0.25) is 5.78 Å². The van der Waals surface area contributed by atoms with E-state index in [1.165, 1.54) is 0 Å². The molecule has 0 unspecified atom stereocenters. The minimum atomic E-state index is -0.310. The number of hydrogen-bond donors (Lipinski definition) is 0. The van der Waals surface area contributed by atoms with Crippen LogP contribution in [-0.2, 0) is 6.42 Å². The van der Waals surface area contributed by atoms with Gasteiger partial charge in [-0.25, -0.2) is 9.97 Å². The third-order valence-electron chi connectivity index (χ3n) is 4.79. The second kappa shape index (κ2) is 7.68. The number of aromatic nitrogens is 2. The molecule has 1 heterocycles. The van der Waals surface area contributed by atoms with Gasteiger partial charge in [0.15, 0.2) is 17.2 Å². The Bertz CT molecular complexity index is 1340. The molecule has 2 aliphatic carbocycles. The predicted molar refractivity (Wildman–Crippen MR) is 109 cm³/mol. The summed E-state index contributed by atoms with van der Waals surface area (Å²) in [5, 5.41) is 19.0. The summed E-state index contributed by atoms with van der Waals surface area (Å²) in [6, 6.07) is 13.8. The molecule has 8 heteroatoms. The first-order chi connectivity index (χ1) is 14.4. The zero-order valence-electron chi connectivity index (χ0n) is 15.2. The Morgan fingerprint density at radius 1 is 0.767 bits per heavy atom. The standard InChI is InChI=1S/C13H3ClN4O.C9H7ClO/c14-6-1-2-7-8(3-6)11-12(13(7)19)18-10(5-16)9(4-15)17-11;10-7-2-3-8-6(5-7)1-4-9(8)11/h1-3H;2-3,5H,1,4H2. The summed E-state index contributed by atoms with van der Waals surface area (Å²) >= 11 is 11.7. The van der Waals surface area contributed by atoms with E-state index in [9.17, 15) is 9.59 Å². The molecule has 0 spiro atoms. The lowest BCUT2D eigenvalue weighted by molar-refractivity contribution is 0.0993. The lowest BCUT2D eigenvalue weighted by atomic mass is 10.1. The van der Waals surface area contributed by atoms with Crippen LogP contribution in [0.25, 0.3) is 11.3 Å². The van der Waals surface area contributed by atoms with Gasteiger partial charge in [0.25, 0.3) is 0 Å². The van der Waals surface area contributed by atoms with Crippen LogP contribution in [0.15, 0.2) is 36.4 Å². The molecule has 0 radical (unpaired) electrons. The number of ketones is 2. The first-order valence-corrected chi connectivity index (χ1v) is 9.57. The predicted octanol–water partition coefficient (Wildman–Crippen LogP) is 4.55. The summed E-state index contributed by atoms with van der Waals surface area (Å²) in [6.45, 7) is 0. The maximum absolute atomic E-state index is 12.1. The van der Waals surface area contributed by atoms with Crippen molar-refractivity contribution >= 4 is 34.8 Å². The van der Waals surface area contributed by atoms with Crippen molar-refractivity contribution in [1.29, 1.82) is 10.5 Å². The van der Waals surface area contributed by atoms with Crippen LogP contribution in [0.1, 0.15) is 49.8 Å². The molecular formula is C22H10Cl2N4O2. The fraction of sp³-hybridized carbons (Fsp3) is 0.0909. The first-order valence-electron chi connectivity index (χ1n) is 8.81. The third kappa shape index (κ3) is 3.33. The molecule has 0 saturated carbocycles. The van der Waals surface area contributed by atoms with Gasteiger partial charge in [-0.05, 0) is 48.4 Å². The van der Waals surface area contributed by atoms with Crippen LogP contribution in [0.4, 0.5) is 0 Å². The molecule has 0 saturated heterocycles. The van der Waals surface area contributed by atoms with Crippen molar-refractivity contribution in [1.82, 2.24) is 9.97 Å². The molecule has 0 aliphatic heterocycles. The Morgan fingerprint density at radius 2 is 1.37 bits per heavy atom. The van der Waals surface area contributed by atoms with Gasteiger partial charge in [-0.2, -0.15) is 10.5 Å². The first kappa shape index (κ1) is 19.7. The second-order valence-electron chi connectivity index (χ2n) is 6.59. The number of aryl methyl sites for hydroxylation is 1. The van der Waals surface area contributed by atoms with Crippen LogP contribution in [0, 0.1) is 22.7 Å². The largest absolute Gasteiger partial charge is 0.294 e.